The molecule has 1 fully saturated rings. The lowest BCUT2D eigenvalue weighted by atomic mass is 10.0. The van der Waals surface area contributed by atoms with E-state index in [9.17, 15) is 9.59 Å². The Morgan fingerprint density at radius 1 is 1.17 bits per heavy atom. The fourth-order valence-corrected chi connectivity index (χ4v) is 4.00. The van der Waals surface area contributed by atoms with Crippen LogP contribution in [0.2, 0.25) is 0 Å². The SMILES string of the molecule is COc1cc(N2CC(C(=O)N3CCc4nc[nH]c4C3)CC2=O)cc(OC)c1OC. The highest BCUT2D eigenvalue weighted by Gasteiger charge is 2.38. The van der Waals surface area contributed by atoms with Gasteiger partial charge in [0.1, 0.15) is 0 Å². The van der Waals surface area contributed by atoms with Crippen molar-refractivity contribution in [3.05, 3.63) is 29.8 Å². The fraction of sp³-hybridized carbons (Fsp3) is 0.450. The predicted octanol–water partition coefficient (Wildman–Crippen LogP) is 1.37. The molecule has 1 N–H and O–H groups in total. The van der Waals surface area contributed by atoms with Gasteiger partial charge >= 0.3 is 0 Å². The molecule has 0 spiro atoms. The number of amides is 2. The normalized spacial score (nSPS) is 18.6. The molecule has 1 aromatic carbocycles. The third-order valence-corrected chi connectivity index (χ3v) is 5.52. The van der Waals surface area contributed by atoms with Crippen molar-refractivity contribution < 1.29 is 23.8 Å². The molecular formula is C20H24N4O5. The van der Waals surface area contributed by atoms with Crippen LogP contribution in [0, 0.1) is 5.92 Å². The van der Waals surface area contributed by atoms with Crippen LogP contribution >= 0.6 is 0 Å². The van der Waals surface area contributed by atoms with Crippen LogP contribution in [0.1, 0.15) is 17.8 Å². The Labute approximate surface area is 168 Å². The van der Waals surface area contributed by atoms with Gasteiger partial charge in [-0.2, -0.15) is 0 Å². The lowest BCUT2D eigenvalue weighted by Gasteiger charge is -2.28. The maximum absolute atomic E-state index is 13.0. The minimum atomic E-state index is -0.383. The van der Waals surface area contributed by atoms with E-state index in [2.05, 4.69) is 9.97 Å². The lowest BCUT2D eigenvalue weighted by molar-refractivity contribution is -0.136. The summed E-state index contributed by atoms with van der Waals surface area (Å²) in [5, 5.41) is 0. The highest BCUT2D eigenvalue weighted by Crippen LogP contribution is 2.42. The molecule has 1 saturated heterocycles. The Bertz CT molecular complexity index is 916. The number of hydrogen-bond donors (Lipinski definition) is 1. The summed E-state index contributed by atoms with van der Waals surface area (Å²) >= 11 is 0. The highest BCUT2D eigenvalue weighted by atomic mass is 16.5. The van der Waals surface area contributed by atoms with Gasteiger partial charge < -0.3 is 29.0 Å². The second kappa shape index (κ2) is 7.65. The Kier molecular flexibility index (Phi) is 5.04. The molecule has 0 radical (unpaired) electrons. The van der Waals surface area contributed by atoms with Crippen molar-refractivity contribution in [1.82, 2.24) is 14.9 Å². The van der Waals surface area contributed by atoms with Gasteiger partial charge in [0.2, 0.25) is 17.6 Å². The van der Waals surface area contributed by atoms with E-state index < -0.39 is 0 Å². The maximum Gasteiger partial charge on any atom is 0.228 e. The molecule has 2 amide bonds. The second-order valence-electron chi connectivity index (χ2n) is 7.13. The number of aromatic amines is 1. The number of benzene rings is 1. The zero-order valence-corrected chi connectivity index (χ0v) is 16.7. The topological polar surface area (TPSA) is 97.0 Å². The molecule has 0 aliphatic carbocycles. The molecule has 9 nitrogen and oxygen atoms in total. The van der Waals surface area contributed by atoms with Crippen LogP contribution in [0.15, 0.2) is 18.5 Å². The van der Waals surface area contributed by atoms with Gasteiger partial charge in [-0.05, 0) is 0 Å². The Balaban J connectivity index is 1.53. The van der Waals surface area contributed by atoms with E-state index in [1.807, 2.05) is 0 Å². The Hall–Kier alpha value is -3.23. The minimum absolute atomic E-state index is 0.00598. The standard InChI is InChI=1S/C20H24N4O5/c1-27-16-7-13(8-17(28-2)19(16)29-3)24-9-12(6-18(24)25)20(26)23-5-4-14-15(10-23)22-11-21-14/h7-8,11-12H,4-6,9-10H2,1-3H3,(H,21,22). The number of anilines is 1. The average Bonchev–Trinajstić information content (AvgIpc) is 3.37. The van der Waals surface area contributed by atoms with E-state index in [0.717, 1.165) is 17.8 Å². The van der Waals surface area contributed by atoms with E-state index in [-0.39, 0.29) is 24.2 Å². The van der Waals surface area contributed by atoms with E-state index in [0.29, 0.717) is 42.6 Å². The van der Waals surface area contributed by atoms with Gasteiger partial charge in [0.05, 0.1) is 57.2 Å². The van der Waals surface area contributed by atoms with E-state index in [1.54, 1.807) is 28.3 Å². The molecule has 29 heavy (non-hydrogen) atoms. The molecule has 9 heteroatoms. The van der Waals surface area contributed by atoms with Crippen LogP contribution in [0.25, 0.3) is 0 Å². The summed E-state index contributed by atoms with van der Waals surface area (Å²) < 4.78 is 16.1. The summed E-state index contributed by atoms with van der Waals surface area (Å²) in [7, 11) is 4.58. The number of H-pyrrole nitrogens is 1. The van der Waals surface area contributed by atoms with Crippen LogP contribution in [0.4, 0.5) is 5.69 Å². The van der Waals surface area contributed by atoms with Crippen molar-refractivity contribution in [3.8, 4) is 17.2 Å². The van der Waals surface area contributed by atoms with Crippen molar-refractivity contribution >= 4 is 17.5 Å². The molecule has 2 aliphatic rings. The third-order valence-electron chi connectivity index (χ3n) is 5.52. The van der Waals surface area contributed by atoms with Crippen molar-refractivity contribution in [2.45, 2.75) is 19.4 Å². The average molecular weight is 400 g/mol. The largest absolute Gasteiger partial charge is 0.493 e. The van der Waals surface area contributed by atoms with E-state index in [1.165, 1.54) is 21.3 Å². The van der Waals surface area contributed by atoms with Crippen LogP contribution in [-0.4, -0.2) is 61.1 Å². The zero-order valence-electron chi connectivity index (χ0n) is 16.7. The molecular weight excluding hydrogens is 376 g/mol. The number of hydrogen-bond acceptors (Lipinski definition) is 6. The lowest BCUT2D eigenvalue weighted by Crippen LogP contribution is -2.40. The van der Waals surface area contributed by atoms with Gasteiger partial charge in [0.15, 0.2) is 11.5 Å². The van der Waals surface area contributed by atoms with Crippen molar-refractivity contribution in [2.24, 2.45) is 5.92 Å². The van der Waals surface area contributed by atoms with Crippen LogP contribution in [0.5, 0.6) is 17.2 Å². The number of imidazole rings is 1. The van der Waals surface area contributed by atoms with Gasteiger partial charge in [-0.3, -0.25) is 9.59 Å². The minimum Gasteiger partial charge on any atom is -0.493 e. The number of ether oxygens (including phenoxy) is 3. The summed E-state index contributed by atoms with van der Waals surface area (Å²) in [6.07, 6.45) is 2.56. The molecule has 2 aromatic rings. The number of rotatable bonds is 5. The van der Waals surface area contributed by atoms with Gasteiger partial charge in [0, 0.05) is 38.1 Å². The van der Waals surface area contributed by atoms with Crippen molar-refractivity contribution in [1.29, 1.82) is 0 Å². The first-order valence-electron chi connectivity index (χ1n) is 9.46. The molecule has 1 aromatic heterocycles. The van der Waals surface area contributed by atoms with E-state index in [4.69, 9.17) is 14.2 Å². The van der Waals surface area contributed by atoms with Gasteiger partial charge in [-0.15, -0.1) is 0 Å². The van der Waals surface area contributed by atoms with Gasteiger partial charge in [0.25, 0.3) is 0 Å². The zero-order chi connectivity index (χ0) is 20.5. The number of methoxy groups -OCH3 is 3. The first-order chi connectivity index (χ1) is 14.0. The number of nitrogens with one attached hydrogen (secondary N) is 1. The van der Waals surface area contributed by atoms with Crippen molar-refractivity contribution in [3.63, 3.8) is 0 Å². The fourth-order valence-electron chi connectivity index (χ4n) is 4.00. The molecule has 0 bridgehead atoms. The molecule has 154 valence electrons. The Morgan fingerprint density at radius 3 is 2.55 bits per heavy atom. The van der Waals surface area contributed by atoms with Gasteiger partial charge in [-0.25, -0.2) is 4.98 Å². The quantitative estimate of drug-likeness (QED) is 0.814. The summed E-state index contributed by atoms with van der Waals surface area (Å²) in [5.74, 6) is 0.901. The first-order valence-corrected chi connectivity index (χ1v) is 9.46. The van der Waals surface area contributed by atoms with Crippen LogP contribution in [-0.2, 0) is 22.6 Å². The summed E-state index contributed by atoms with van der Waals surface area (Å²) in [6.45, 7) is 1.44. The third kappa shape index (κ3) is 3.37. The van der Waals surface area contributed by atoms with E-state index >= 15 is 0 Å². The van der Waals surface area contributed by atoms with Crippen LogP contribution < -0.4 is 19.1 Å². The predicted molar refractivity (Wildman–Crippen MR) is 104 cm³/mol. The van der Waals surface area contributed by atoms with Gasteiger partial charge in [-0.1, -0.05) is 0 Å². The molecule has 2 aliphatic heterocycles. The number of carbonyl (C=O) groups excluding carboxylic acids is 2. The first kappa shape index (κ1) is 19.1. The number of aromatic nitrogens is 2. The molecule has 0 saturated carbocycles. The number of fused-ring (bicyclic) bond motifs is 1. The second-order valence-corrected chi connectivity index (χ2v) is 7.13. The molecule has 4 rings (SSSR count). The summed E-state index contributed by atoms with van der Waals surface area (Å²) in [6, 6.07) is 3.45. The summed E-state index contributed by atoms with van der Waals surface area (Å²) in [5.41, 5.74) is 2.60. The molecule has 1 atom stereocenters. The number of nitrogens with zero attached hydrogens (tertiary/aromatic N) is 3. The molecule has 3 heterocycles. The number of carbonyl (C=O) groups is 2. The summed E-state index contributed by atoms with van der Waals surface area (Å²) in [4.78, 5) is 36.5. The van der Waals surface area contributed by atoms with Crippen LogP contribution in [0.3, 0.4) is 0 Å². The maximum atomic E-state index is 13.0. The monoisotopic (exact) mass is 400 g/mol. The smallest absolute Gasteiger partial charge is 0.228 e. The Morgan fingerprint density at radius 2 is 1.90 bits per heavy atom. The molecule has 1 unspecified atom stereocenters. The van der Waals surface area contributed by atoms with Crippen molar-refractivity contribution in [2.75, 3.05) is 39.3 Å². The highest BCUT2D eigenvalue weighted by molar-refractivity contribution is 6.00.